The van der Waals surface area contributed by atoms with Crippen LogP contribution in [0.4, 0.5) is 5.69 Å². The predicted octanol–water partition coefficient (Wildman–Crippen LogP) is 2.77. The number of hydrogen-bond acceptors (Lipinski definition) is 2. The van der Waals surface area contributed by atoms with Gasteiger partial charge in [0.05, 0.1) is 6.54 Å². The van der Waals surface area contributed by atoms with Gasteiger partial charge in [0.2, 0.25) is 0 Å². The van der Waals surface area contributed by atoms with Crippen LogP contribution in [0, 0.1) is 13.8 Å². The van der Waals surface area contributed by atoms with Gasteiger partial charge in [-0.25, -0.2) is 0 Å². The smallest absolute Gasteiger partial charge is 0.119 e. The minimum absolute atomic E-state index is 0.667. The SMILES string of the molecule is Cc1ccc(C)n1CCOc1ccc(N)cc1. The third-order valence-corrected chi connectivity index (χ3v) is 2.88. The summed E-state index contributed by atoms with van der Waals surface area (Å²) in [6, 6.07) is 11.7. The monoisotopic (exact) mass is 230 g/mol. The Kier molecular flexibility index (Phi) is 3.38. The quantitative estimate of drug-likeness (QED) is 0.820. The third-order valence-electron chi connectivity index (χ3n) is 2.88. The van der Waals surface area contributed by atoms with Crippen LogP contribution in [0.25, 0.3) is 0 Å². The second-order valence-electron chi connectivity index (χ2n) is 4.19. The van der Waals surface area contributed by atoms with Crippen molar-refractivity contribution in [1.29, 1.82) is 0 Å². The van der Waals surface area contributed by atoms with Gasteiger partial charge in [-0.2, -0.15) is 0 Å². The number of nitrogens with zero attached hydrogens (tertiary/aromatic N) is 1. The molecule has 0 aliphatic rings. The first-order valence-corrected chi connectivity index (χ1v) is 5.78. The second-order valence-corrected chi connectivity index (χ2v) is 4.19. The zero-order valence-electron chi connectivity index (χ0n) is 10.3. The van der Waals surface area contributed by atoms with E-state index in [0.717, 1.165) is 18.0 Å². The van der Waals surface area contributed by atoms with Crippen LogP contribution < -0.4 is 10.5 Å². The maximum absolute atomic E-state index is 5.67. The number of nitrogens with two attached hydrogens (primary N) is 1. The molecule has 0 spiro atoms. The molecule has 2 N–H and O–H groups in total. The van der Waals surface area contributed by atoms with Gasteiger partial charge in [0.15, 0.2) is 0 Å². The Morgan fingerprint density at radius 3 is 2.18 bits per heavy atom. The molecule has 0 aliphatic carbocycles. The molecule has 0 saturated heterocycles. The minimum Gasteiger partial charge on any atom is -0.492 e. The average Bonchev–Trinajstić information content (AvgIpc) is 2.63. The summed E-state index contributed by atoms with van der Waals surface area (Å²) in [6.07, 6.45) is 0. The van der Waals surface area contributed by atoms with E-state index >= 15 is 0 Å². The lowest BCUT2D eigenvalue weighted by Gasteiger charge is -2.10. The number of anilines is 1. The molecule has 3 heteroatoms. The van der Waals surface area contributed by atoms with Crippen molar-refractivity contribution >= 4 is 5.69 Å². The van der Waals surface area contributed by atoms with Crippen LogP contribution in [0.1, 0.15) is 11.4 Å². The van der Waals surface area contributed by atoms with Gasteiger partial charge >= 0.3 is 0 Å². The molecule has 1 heterocycles. The zero-order chi connectivity index (χ0) is 12.3. The lowest BCUT2D eigenvalue weighted by atomic mass is 10.3. The Hall–Kier alpha value is -1.90. The molecule has 1 aromatic carbocycles. The van der Waals surface area contributed by atoms with E-state index in [4.69, 9.17) is 10.5 Å². The van der Waals surface area contributed by atoms with Gasteiger partial charge in [-0.05, 0) is 50.2 Å². The van der Waals surface area contributed by atoms with Crippen molar-refractivity contribution in [3.05, 3.63) is 47.8 Å². The highest BCUT2D eigenvalue weighted by Crippen LogP contribution is 2.13. The first-order valence-electron chi connectivity index (χ1n) is 5.78. The Bertz CT molecular complexity index is 466. The molecule has 1 aromatic heterocycles. The van der Waals surface area contributed by atoms with E-state index < -0.39 is 0 Å². The minimum atomic E-state index is 0.667. The Morgan fingerprint density at radius 1 is 1.00 bits per heavy atom. The molecular formula is C14H18N2O. The average molecular weight is 230 g/mol. The van der Waals surface area contributed by atoms with E-state index in [2.05, 4.69) is 30.5 Å². The molecule has 0 bridgehead atoms. The number of aromatic nitrogens is 1. The van der Waals surface area contributed by atoms with Crippen LogP contribution in [0.15, 0.2) is 36.4 Å². The van der Waals surface area contributed by atoms with Crippen LogP contribution >= 0.6 is 0 Å². The number of rotatable bonds is 4. The van der Waals surface area contributed by atoms with Crippen LogP contribution in [-0.2, 0) is 6.54 Å². The maximum atomic E-state index is 5.67. The molecule has 0 radical (unpaired) electrons. The van der Waals surface area contributed by atoms with Crippen molar-refractivity contribution < 1.29 is 4.74 Å². The second kappa shape index (κ2) is 4.95. The number of benzene rings is 1. The molecular weight excluding hydrogens is 212 g/mol. The number of nitrogen functional groups attached to an aromatic ring is 1. The van der Waals surface area contributed by atoms with Gasteiger partial charge in [-0.15, -0.1) is 0 Å². The molecule has 0 aliphatic heterocycles. The fourth-order valence-corrected chi connectivity index (χ4v) is 1.87. The van der Waals surface area contributed by atoms with Gasteiger partial charge in [-0.3, -0.25) is 0 Å². The van der Waals surface area contributed by atoms with Crippen LogP contribution in [0.2, 0.25) is 0 Å². The van der Waals surface area contributed by atoms with E-state index in [1.165, 1.54) is 11.4 Å². The van der Waals surface area contributed by atoms with E-state index in [0.29, 0.717) is 6.61 Å². The van der Waals surface area contributed by atoms with Crippen molar-refractivity contribution in [3.8, 4) is 5.75 Å². The first kappa shape index (κ1) is 11.6. The lowest BCUT2D eigenvalue weighted by molar-refractivity contribution is 0.296. The summed E-state index contributed by atoms with van der Waals surface area (Å²) in [6.45, 7) is 5.75. The summed E-state index contributed by atoms with van der Waals surface area (Å²) in [5, 5.41) is 0. The van der Waals surface area contributed by atoms with E-state index in [1.54, 1.807) is 0 Å². The summed E-state index contributed by atoms with van der Waals surface area (Å²) in [7, 11) is 0. The van der Waals surface area contributed by atoms with E-state index in [-0.39, 0.29) is 0 Å². The van der Waals surface area contributed by atoms with Crippen LogP contribution in [-0.4, -0.2) is 11.2 Å². The highest BCUT2D eigenvalue weighted by Gasteiger charge is 2.00. The highest BCUT2D eigenvalue weighted by atomic mass is 16.5. The fraction of sp³-hybridized carbons (Fsp3) is 0.286. The third kappa shape index (κ3) is 2.81. The number of aryl methyl sites for hydroxylation is 2. The first-order chi connectivity index (χ1) is 8.16. The van der Waals surface area contributed by atoms with Crippen molar-refractivity contribution in [3.63, 3.8) is 0 Å². The fourth-order valence-electron chi connectivity index (χ4n) is 1.87. The summed E-state index contributed by atoms with van der Waals surface area (Å²) in [5.74, 6) is 0.863. The Labute approximate surface area is 102 Å². The summed E-state index contributed by atoms with van der Waals surface area (Å²) in [5.41, 5.74) is 8.91. The summed E-state index contributed by atoms with van der Waals surface area (Å²) < 4.78 is 7.92. The van der Waals surface area contributed by atoms with Crippen molar-refractivity contribution in [1.82, 2.24) is 4.57 Å². The van der Waals surface area contributed by atoms with Crippen LogP contribution in [0.3, 0.4) is 0 Å². The largest absolute Gasteiger partial charge is 0.492 e. The standard InChI is InChI=1S/C14H18N2O/c1-11-3-4-12(2)16(11)9-10-17-14-7-5-13(15)6-8-14/h3-8H,9-10,15H2,1-2H3. The molecule has 0 fully saturated rings. The van der Waals surface area contributed by atoms with Crippen molar-refractivity contribution in [2.75, 3.05) is 12.3 Å². The van der Waals surface area contributed by atoms with Gasteiger partial charge in [0, 0.05) is 17.1 Å². The van der Waals surface area contributed by atoms with Gasteiger partial charge in [0.25, 0.3) is 0 Å². The Morgan fingerprint density at radius 2 is 1.59 bits per heavy atom. The molecule has 17 heavy (non-hydrogen) atoms. The van der Waals surface area contributed by atoms with E-state index in [1.807, 2.05) is 24.3 Å². The zero-order valence-corrected chi connectivity index (χ0v) is 10.3. The molecule has 0 saturated carbocycles. The van der Waals surface area contributed by atoms with Crippen molar-refractivity contribution in [2.24, 2.45) is 0 Å². The maximum Gasteiger partial charge on any atom is 0.119 e. The van der Waals surface area contributed by atoms with Crippen LogP contribution in [0.5, 0.6) is 5.75 Å². The summed E-state index contributed by atoms with van der Waals surface area (Å²) >= 11 is 0. The van der Waals surface area contributed by atoms with E-state index in [9.17, 15) is 0 Å². The van der Waals surface area contributed by atoms with Gasteiger partial charge in [0.1, 0.15) is 12.4 Å². The lowest BCUT2D eigenvalue weighted by Crippen LogP contribution is -2.10. The summed E-state index contributed by atoms with van der Waals surface area (Å²) in [4.78, 5) is 0. The van der Waals surface area contributed by atoms with Gasteiger partial charge < -0.3 is 15.0 Å². The normalized spacial score (nSPS) is 10.5. The Balaban J connectivity index is 1.90. The predicted molar refractivity (Wildman–Crippen MR) is 70.3 cm³/mol. The molecule has 0 amide bonds. The molecule has 2 rings (SSSR count). The number of ether oxygens (including phenoxy) is 1. The molecule has 0 atom stereocenters. The molecule has 90 valence electrons. The topological polar surface area (TPSA) is 40.2 Å². The van der Waals surface area contributed by atoms with Crippen molar-refractivity contribution in [2.45, 2.75) is 20.4 Å². The van der Waals surface area contributed by atoms with Gasteiger partial charge in [-0.1, -0.05) is 0 Å². The molecule has 0 unspecified atom stereocenters. The molecule has 3 nitrogen and oxygen atoms in total. The molecule has 2 aromatic rings. The highest BCUT2D eigenvalue weighted by molar-refractivity contribution is 5.41. The number of hydrogen-bond donors (Lipinski definition) is 1.